The van der Waals surface area contributed by atoms with E-state index in [2.05, 4.69) is 4.98 Å². The predicted molar refractivity (Wildman–Crippen MR) is 81.0 cm³/mol. The third-order valence-electron chi connectivity index (χ3n) is 3.54. The highest BCUT2D eigenvalue weighted by atomic mass is 35.5. The van der Waals surface area contributed by atoms with Crippen molar-refractivity contribution < 1.29 is 13.2 Å². The highest BCUT2D eigenvalue weighted by Gasteiger charge is 2.34. The lowest BCUT2D eigenvalue weighted by Crippen LogP contribution is -2.49. The first-order chi connectivity index (χ1) is 10.1. The molecule has 1 aliphatic heterocycles. The molecule has 3 rings (SSSR count). The summed E-state index contributed by atoms with van der Waals surface area (Å²) in [5.41, 5.74) is 0.661. The van der Waals surface area contributed by atoms with E-state index in [0.717, 1.165) is 0 Å². The van der Waals surface area contributed by atoms with Crippen molar-refractivity contribution in [3.63, 3.8) is 0 Å². The van der Waals surface area contributed by atoms with Crippen molar-refractivity contribution in [1.29, 1.82) is 0 Å². The molecule has 7 heteroatoms. The molecular formula is C14H15ClN2O3S. The maximum Gasteiger partial charge on any atom is 0.244 e. The van der Waals surface area contributed by atoms with Gasteiger partial charge in [0.1, 0.15) is 0 Å². The molecule has 1 unspecified atom stereocenters. The van der Waals surface area contributed by atoms with Crippen LogP contribution in [0.5, 0.6) is 0 Å². The summed E-state index contributed by atoms with van der Waals surface area (Å²) in [6, 6.07) is 8.29. The second-order valence-electron chi connectivity index (χ2n) is 4.83. The van der Waals surface area contributed by atoms with E-state index in [9.17, 15) is 8.42 Å². The number of aromatic nitrogens is 1. The van der Waals surface area contributed by atoms with Crippen LogP contribution < -0.4 is 0 Å². The minimum atomic E-state index is -3.62. The number of ether oxygens (including phenoxy) is 1. The lowest BCUT2D eigenvalue weighted by molar-refractivity contribution is 0.0405. The van der Waals surface area contributed by atoms with Gasteiger partial charge in [-0.1, -0.05) is 6.07 Å². The summed E-state index contributed by atoms with van der Waals surface area (Å²) in [4.78, 5) is 4.47. The van der Waals surface area contributed by atoms with Gasteiger partial charge < -0.3 is 4.74 Å². The van der Waals surface area contributed by atoms with Crippen LogP contribution in [0.15, 0.2) is 41.4 Å². The summed E-state index contributed by atoms with van der Waals surface area (Å²) in [6.07, 6.45) is 1.65. The average molecular weight is 327 g/mol. The molecule has 0 aliphatic carbocycles. The van der Waals surface area contributed by atoms with E-state index in [1.807, 2.05) is 0 Å². The van der Waals surface area contributed by atoms with Crippen LogP contribution in [-0.2, 0) is 14.8 Å². The fourth-order valence-corrected chi connectivity index (χ4v) is 4.64. The van der Waals surface area contributed by atoms with Crippen molar-refractivity contribution in [3.05, 3.63) is 36.5 Å². The minimum Gasteiger partial charge on any atom is -0.378 e. The Morgan fingerprint density at radius 1 is 1.33 bits per heavy atom. The molecule has 0 N–H and O–H groups in total. The maximum atomic E-state index is 13.0. The topological polar surface area (TPSA) is 59.5 Å². The number of benzene rings is 1. The van der Waals surface area contributed by atoms with Crippen LogP contribution in [0.2, 0.25) is 0 Å². The van der Waals surface area contributed by atoms with E-state index in [1.54, 1.807) is 36.5 Å². The van der Waals surface area contributed by atoms with Gasteiger partial charge in [-0.25, -0.2) is 8.42 Å². The Morgan fingerprint density at radius 3 is 3.00 bits per heavy atom. The first kappa shape index (κ1) is 14.7. The zero-order valence-electron chi connectivity index (χ0n) is 11.3. The predicted octanol–water partition coefficient (Wildman–Crippen LogP) is 1.86. The highest BCUT2D eigenvalue weighted by Crippen LogP contribution is 2.27. The van der Waals surface area contributed by atoms with Crippen LogP contribution >= 0.6 is 11.6 Å². The van der Waals surface area contributed by atoms with E-state index < -0.39 is 10.0 Å². The van der Waals surface area contributed by atoms with E-state index in [-0.39, 0.29) is 16.8 Å². The summed E-state index contributed by atoms with van der Waals surface area (Å²) in [5, 5.41) is 0.625. The number of alkyl halides is 1. The fraction of sp³-hybridized carbons (Fsp3) is 0.357. The highest BCUT2D eigenvalue weighted by molar-refractivity contribution is 7.89. The van der Waals surface area contributed by atoms with Crippen molar-refractivity contribution >= 4 is 32.5 Å². The molecule has 1 aromatic carbocycles. The molecule has 0 amide bonds. The lowest BCUT2D eigenvalue weighted by atomic mass is 10.2. The van der Waals surface area contributed by atoms with Crippen LogP contribution in [0.3, 0.4) is 0 Å². The molecule has 112 valence electrons. The summed E-state index contributed by atoms with van der Waals surface area (Å²) >= 11 is 5.89. The summed E-state index contributed by atoms with van der Waals surface area (Å²) in [7, 11) is -3.62. The first-order valence-corrected chi connectivity index (χ1v) is 8.61. The lowest BCUT2D eigenvalue weighted by Gasteiger charge is -2.33. The van der Waals surface area contributed by atoms with Gasteiger partial charge in [-0.15, -0.1) is 11.6 Å². The van der Waals surface area contributed by atoms with Crippen molar-refractivity contribution in [2.75, 3.05) is 25.6 Å². The zero-order chi connectivity index (χ0) is 14.9. The van der Waals surface area contributed by atoms with E-state index in [4.69, 9.17) is 16.3 Å². The summed E-state index contributed by atoms with van der Waals surface area (Å²) in [6.45, 7) is 1.03. The fourth-order valence-electron chi connectivity index (χ4n) is 2.50. The number of nitrogens with zero attached hydrogens (tertiary/aromatic N) is 2. The van der Waals surface area contributed by atoms with E-state index in [1.165, 1.54) is 4.31 Å². The zero-order valence-corrected chi connectivity index (χ0v) is 12.8. The molecule has 1 aromatic heterocycles. The molecule has 5 nitrogen and oxygen atoms in total. The van der Waals surface area contributed by atoms with Crippen LogP contribution in [0.1, 0.15) is 0 Å². The Hall–Kier alpha value is -1.21. The molecule has 1 aliphatic rings. The van der Waals surface area contributed by atoms with Gasteiger partial charge >= 0.3 is 0 Å². The van der Waals surface area contributed by atoms with Crippen molar-refractivity contribution in [3.8, 4) is 0 Å². The SMILES string of the molecule is O=S(=O)(c1cccc2ncccc12)N1CCOCC1CCl. The monoisotopic (exact) mass is 326 g/mol. The van der Waals surface area contributed by atoms with Gasteiger partial charge in [0, 0.05) is 24.0 Å². The van der Waals surface area contributed by atoms with Gasteiger partial charge in [0.15, 0.2) is 0 Å². The number of halogens is 1. The number of hydrogen-bond donors (Lipinski definition) is 0. The van der Waals surface area contributed by atoms with Crippen molar-refractivity contribution in [2.45, 2.75) is 10.9 Å². The van der Waals surface area contributed by atoms with Gasteiger partial charge in [0.05, 0.1) is 29.7 Å². The standard InChI is InChI=1S/C14H15ClN2O3S/c15-9-11-10-20-8-7-17(11)21(18,19)14-5-1-4-13-12(14)3-2-6-16-13/h1-6,11H,7-10H2. The number of hydrogen-bond acceptors (Lipinski definition) is 4. The third kappa shape index (κ3) is 2.64. The maximum absolute atomic E-state index is 13.0. The van der Waals surface area contributed by atoms with Crippen LogP contribution in [0.4, 0.5) is 0 Å². The van der Waals surface area contributed by atoms with Gasteiger partial charge in [0.25, 0.3) is 0 Å². The molecular weight excluding hydrogens is 312 g/mol. The number of morpholine rings is 1. The Morgan fingerprint density at radius 2 is 2.19 bits per heavy atom. The van der Waals surface area contributed by atoms with Gasteiger partial charge in [-0.05, 0) is 24.3 Å². The van der Waals surface area contributed by atoms with Crippen molar-refractivity contribution in [2.24, 2.45) is 0 Å². The van der Waals surface area contributed by atoms with Gasteiger partial charge in [-0.2, -0.15) is 4.31 Å². The Balaban J connectivity index is 2.12. The van der Waals surface area contributed by atoms with E-state index >= 15 is 0 Å². The summed E-state index contributed by atoms with van der Waals surface area (Å²) in [5.74, 6) is 0.211. The molecule has 1 saturated heterocycles. The average Bonchev–Trinajstić information content (AvgIpc) is 2.54. The number of rotatable bonds is 3. The molecule has 0 radical (unpaired) electrons. The second-order valence-corrected chi connectivity index (χ2v) is 6.99. The molecule has 2 heterocycles. The first-order valence-electron chi connectivity index (χ1n) is 6.64. The summed E-state index contributed by atoms with van der Waals surface area (Å²) < 4.78 is 32.7. The third-order valence-corrected chi connectivity index (χ3v) is 5.91. The molecule has 2 aromatic rings. The molecule has 0 bridgehead atoms. The number of fused-ring (bicyclic) bond motifs is 1. The van der Waals surface area contributed by atoms with Gasteiger partial charge in [0.2, 0.25) is 10.0 Å². The van der Waals surface area contributed by atoms with Crippen molar-refractivity contribution in [1.82, 2.24) is 9.29 Å². The quantitative estimate of drug-likeness (QED) is 0.808. The Kier molecular flexibility index (Phi) is 4.12. The Labute approximate surface area is 128 Å². The molecule has 21 heavy (non-hydrogen) atoms. The van der Waals surface area contributed by atoms with Crippen LogP contribution in [0.25, 0.3) is 10.9 Å². The minimum absolute atomic E-state index is 0.211. The van der Waals surface area contributed by atoms with Crippen LogP contribution in [-0.4, -0.2) is 49.4 Å². The van der Waals surface area contributed by atoms with E-state index in [0.29, 0.717) is 30.7 Å². The normalized spacial score (nSPS) is 20.7. The molecule has 0 spiro atoms. The van der Waals surface area contributed by atoms with Gasteiger partial charge in [-0.3, -0.25) is 4.98 Å². The Bertz CT molecular complexity index is 745. The molecule has 1 atom stereocenters. The second kappa shape index (κ2) is 5.88. The molecule has 1 fully saturated rings. The van der Waals surface area contributed by atoms with Crippen LogP contribution in [0, 0.1) is 0 Å². The largest absolute Gasteiger partial charge is 0.378 e. The number of pyridine rings is 1. The number of sulfonamides is 1. The smallest absolute Gasteiger partial charge is 0.244 e. The molecule has 0 saturated carbocycles.